The van der Waals surface area contributed by atoms with Crippen LogP contribution in [0.5, 0.6) is 11.5 Å². The molecule has 1 unspecified atom stereocenters. The van der Waals surface area contributed by atoms with Gasteiger partial charge in [0.2, 0.25) is 10.0 Å². The molecular formula is C19H33NO5S. The standard InChI is InChI=1S/C19H33NO5S/c1-5-7-9-16(6-2)15-25-13-8-12-20-26(21,22)17-10-11-18(23-3)19(14-17)24-4/h10-11,14,16,20H,5-9,12-13,15H2,1-4H3. The molecule has 0 radical (unpaired) electrons. The second-order valence-corrected chi connectivity index (χ2v) is 8.03. The number of rotatable bonds is 14. The third-order valence-electron chi connectivity index (χ3n) is 4.32. The lowest BCUT2D eigenvalue weighted by Gasteiger charge is -2.15. The van der Waals surface area contributed by atoms with Crippen LogP contribution in [0.4, 0.5) is 0 Å². The van der Waals surface area contributed by atoms with E-state index >= 15 is 0 Å². The lowest BCUT2D eigenvalue weighted by atomic mass is 10.0. The van der Waals surface area contributed by atoms with Crippen LogP contribution in [0.2, 0.25) is 0 Å². The van der Waals surface area contributed by atoms with Crippen molar-refractivity contribution in [2.75, 3.05) is 34.0 Å². The summed E-state index contributed by atoms with van der Waals surface area (Å²) in [5, 5.41) is 0. The zero-order chi connectivity index (χ0) is 19.4. The number of nitrogens with one attached hydrogen (secondary N) is 1. The molecular weight excluding hydrogens is 354 g/mol. The van der Waals surface area contributed by atoms with Gasteiger partial charge in [-0.05, 0) is 30.9 Å². The molecule has 6 nitrogen and oxygen atoms in total. The van der Waals surface area contributed by atoms with Crippen molar-refractivity contribution in [1.82, 2.24) is 4.72 Å². The summed E-state index contributed by atoms with van der Waals surface area (Å²) in [7, 11) is -0.594. The van der Waals surface area contributed by atoms with E-state index in [9.17, 15) is 8.42 Å². The fourth-order valence-corrected chi connectivity index (χ4v) is 3.69. The molecule has 0 aliphatic carbocycles. The van der Waals surface area contributed by atoms with Crippen LogP contribution in [0, 0.1) is 5.92 Å². The minimum absolute atomic E-state index is 0.154. The molecule has 1 N–H and O–H groups in total. The van der Waals surface area contributed by atoms with Crippen molar-refractivity contribution in [2.45, 2.75) is 50.8 Å². The highest BCUT2D eigenvalue weighted by Gasteiger charge is 2.16. The molecule has 1 aromatic carbocycles. The first-order chi connectivity index (χ1) is 12.5. The van der Waals surface area contributed by atoms with E-state index in [1.807, 2.05) is 0 Å². The molecule has 0 aliphatic rings. The molecule has 1 atom stereocenters. The fourth-order valence-electron chi connectivity index (χ4n) is 2.60. The molecule has 1 rings (SSSR count). The Kier molecular flexibility index (Phi) is 10.6. The van der Waals surface area contributed by atoms with Crippen molar-refractivity contribution in [3.63, 3.8) is 0 Å². The van der Waals surface area contributed by atoms with E-state index in [1.54, 1.807) is 6.07 Å². The van der Waals surface area contributed by atoms with Crippen LogP contribution in [0.15, 0.2) is 23.1 Å². The van der Waals surface area contributed by atoms with Crippen LogP contribution in [-0.4, -0.2) is 42.4 Å². The van der Waals surface area contributed by atoms with Gasteiger partial charge in [-0.25, -0.2) is 13.1 Å². The zero-order valence-corrected chi connectivity index (χ0v) is 17.2. The van der Waals surface area contributed by atoms with Gasteiger partial charge in [-0.15, -0.1) is 0 Å². The normalized spacial score (nSPS) is 12.8. The Balaban J connectivity index is 2.40. The Morgan fingerprint density at radius 3 is 2.42 bits per heavy atom. The summed E-state index contributed by atoms with van der Waals surface area (Å²) in [6.45, 7) is 6.01. The third-order valence-corrected chi connectivity index (χ3v) is 5.78. The average Bonchev–Trinajstić information content (AvgIpc) is 2.66. The summed E-state index contributed by atoms with van der Waals surface area (Å²) in [5.41, 5.74) is 0. The quantitative estimate of drug-likeness (QED) is 0.494. The predicted molar refractivity (Wildman–Crippen MR) is 103 cm³/mol. The Hall–Kier alpha value is -1.31. The molecule has 0 saturated carbocycles. The Labute approximate surface area is 158 Å². The second-order valence-electron chi connectivity index (χ2n) is 6.26. The minimum Gasteiger partial charge on any atom is -0.493 e. The Bertz CT molecular complexity index is 618. The van der Waals surface area contributed by atoms with Crippen molar-refractivity contribution in [2.24, 2.45) is 5.92 Å². The van der Waals surface area contributed by atoms with Crippen LogP contribution in [-0.2, 0) is 14.8 Å². The SMILES string of the molecule is CCCCC(CC)COCCCNS(=O)(=O)c1ccc(OC)c(OC)c1. The molecule has 0 fully saturated rings. The Morgan fingerprint density at radius 2 is 1.81 bits per heavy atom. The lowest BCUT2D eigenvalue weighted by Crippen LogP contribution is -2.25. The highest BCUT2D eigenvalue weighted by atomic mass is 32.2. The number of methoxy groups -OCH3 is 2. The molecule has 150 valence electrons. The van der Waals surface area contributed by atoms with E-state index in [-0.39, 0.29) is 4.90 Å². The molecule has 26 heavy (non-hydrogen) atoms. The average molecular weight is 388 g/mol. The van der Waals surface area contributed by atoms with E-state index < -0.39 is 10.0 Å². The lowest BCUT2D eigenvalue weighted by molar-refractivity contribution is 0.0928. The molecule has 0 saturated heterocycles. The minimum atomic E-state index is -3.58. The van der Waals surface area contributed by atoms with Crippen molar-refractivity contribution in [1.29, 1.82) is 0 Å². The van der Waals surface area contributed by atoms with Gasteiger partial charge in [-0.1, -0.05) is 33.1 Å². The van der Waals surface area contributed by atoms with Gasteiger partial charge in [-0.3, -0.25) is 0 Å². The maximum absolute atomic E-state index is 12.4. The molecule has 0 aliphatic heterocycles. The second kappa shape index (κ2) is 12.1. The van der Waals surface area contributed by atoms with Crippen molar-refractivity contribution in [3.8, 4) is 11.5 Å². The van der Waals surface area contributed by atoms with Crippen LogP contribution in [0.3, 0.4) is 0 Å². The highest BCUT2D eigenvalue weighted by Crippen LogP contribution is 2.29. The first-order valence-corrected chi connectivity index (χ1v) is 10.8. The number of sulfonamides is 1. The van der Waals surface area contributed by atoms with Crippen molar-refractivity contribution >= 4 is 10.0 Å². The number of hydrogen-bond donors (Lipinski definition) is 1. The van der Waals surface area contributed by atoms with E-state index in [0.29, 0.717) is 37.0 Å². The van der Waals surface area contributed by atoms with Crippen LogP contribution < -0.4 is 14.2 Å². The molecule has 0 bridgehead atoms. The fraction of sp³-hybridized carbons (Fsp3) is 0.684. The number of ether oxygens (including phenoxy) is 3. The summed E-state index contributed by atoms with van der Waals surface area (Å²) in [6.07, 6.45) is 5.38. The van der Waals surface area contributed by atoms with Crippen LogP contribution in [0.25, 0.3) is 0 Å². The van der Waals surface area contributed by atoms with Crippen LogP contribution >= 0.6 is 0 Å². The summed E-state index contributed by atoms with van der Waals surface area (Å²) in [4.78, 5) is 0.154. The van der Waals surface area contributed by atoms with E-state index in [0.717, 1.165) is 13.0 Å². The van der Waals surface area contributed by atoms with Gasteiger partial charge in [0.05, 0.1) is 19.1 Å². The predicted octanol–water partition coefficient (Wildman–Crippen LogP) is 3.61. The van der Waals surface area contributed by atoms with Gasteiger partial charge in [0.15, 0.2) is 11.5 Å². The van der Waals surface area contributed by atoms with Gasteiger partial charge in [-0.2, -0.15) is 0 Å². The summed E-state index contributed by atoms with van der Waals surface area (Å²) in [5.74, 6) is 1.48. The van der Waals surface area contributed by atoms with E-state index in [2.05, 4.69) is 18.6 Å². The first kappa shape index (κ1) is 22.7. The van der Waals surface area contributed by atoms with E-state index in [1.165, 1.54) is 45.6 Å². The molecule has 0 amide bonds. The maximum atomic E-state index is 12.4. The maximum Gasteiger partial charge on any atom is 0.240 e. The highest BCUT2D eigenvalue weighted by molar-refractivity contribution is 7.89. The molecule has 0 aromatic heterocycles. The molecule has 0 spiro atoms. The molecule has 1 aromatic rings. The monoisotopic (exact) mass is 387 g/mol. The number of hydrogen-bond acceptors (Lipinski definition) is 5. The van der Waals surface area contributed by atoms with Crippen LogP contribution in [0.1, 0.15) is 46.0 Å². The summed E-state index contributed by atoms with van der Waals surface area (Å²) < 4.78 is 43.3. The van der Waals surface area contributed by atoms with Gasteiger partial charge in [0.25, 0.3) is 0 Å². The largest absolute Gasteiger partial charge is 0.493 e. The number of unbranched alkanes of at least 4 members (excludes halogenated alkanes) is 1. The van der Waals surface area contributed by atoms with Crippen molar-refractivity contribution < 1.29 is 22.6 Å². The van der Waals surface area contributed by atoms with E-state index in [4.69, 9.17) is 14.2 Å². The summed E-state index contributed by atoms with van der Waals surface area (Å²) >= 11 is 0. The summed E-state index contributed by atoms with van der Waals surface area (Å²) in [6, 6.07) is 4.54. The molecule has 7 heteroatoms. The first-order valence-electron chi connectivity index (χ1n) is 9.27. The van der Waals surface area contributed by atoms with Gasteiger partial charge >= 0.3 is 0 Å². The van der Waals surface area contributed by atoms with Gasteiger partial charge in [0, 0.05) is 25.8 Å². The molecule has 0 heterocycles. The zero-order valence-electron chi connectivity index (χ0n) is 16.4. The number of benzene rings is 1. The van der Waals surface area contributed by atoms with Gasteiger partial charge in [0.1, 0.15) is 0 Å². The smallest absolute Gasteiger partial charge is 0.240 e. The van der Waals surface area contributed by atoms with Crippen molar-refractivity contribution in [3.05, 3.63) is 18.2 Å². The van der Waals surface area contributed by atoms with Gasteiger partial charge < -0.3 is 14.2 Å². The Morgan fingerprint density at radius 1 is 1.08 bits per heavy atom. The third kappa shape index (κ3) is 7.51. The topological polar surface area (TPSA) is 73.9 Å².